The van der Waals surface area contributed by atoms with E-state index in [9.17, 15) is 5.11 Å². The van der Waals surface area contributed by atoms with Gasteiger partial charge in [-0.2, -0.15) is 0 Å². The third kappa shape index (κ3) is 3.12. The first kappa shape index (κ1) is 14.2. The highest BCUT2D eigenvalue weighted by atomic mass is 79.9. The molecule has 3 nitrogen and oxygen atoms in total. The van der Waals surface area contributed by atoms with Crippen molar-refractivity contribution < 1.29 is 5.11 Å². The van der Waals surface area contributed by atoms with Crippen LogP contribution in [-0.2, 0) is 6.42 Å². The Morgan fingerprint density at radius 2 is 2.00 bits per heavy atom. The summed E-state index contributed by atoms with van der Waals surface area (Å²) in [6.45, 7) is 2.04. The minimum absolute atomic E-state index is 0.497. The van der Waals surface area contributed by atoms with E-state index in [4.69, 9.17) is 0 Å². The molecule has 21 heavy (non-hydrogen) atoms. The van der Waals surface area contributed by atoms with Gasteiger partial charge in [0.1, 0.15) is 6.10 Å². The molecule has 1 aromatic carbocycles. The van der Waals surface area contributed by atoms with Gasteiger partial charge in [-0.05, 0) is 52.2 Å². The lowest BCUT2D eigenvalue weighted by Crippen LogP contribution is -2.05. The van der Waals surface area contributed by atoms with Crippen LogP contribution in [0.25, 0.3) is 10.9 Å². The second-order valence-electron chi connectivity index (χ2n) is 5.11. The zero-order chi connectivity index (χ0) is 14.8. The van der Waals surface area contributed by atoms with E-state index in [0.29, 0.717) is 12.1 Å². The number of hydrogen-bond acceptors (Lipinski definition) is 3. The molecular weight excluding hydrogens is 328 g/mol. The van der Waals surface area contributed by atoms with Gasteiger partial charge in [0.2, 0.25) is 0 Å². The quantitative estimate of drug-likeness (QED) is 0.783. The highest BCUT2D eigenvalue weighted by Gasteiger charge is 2.13. The fourth-order valence-electron chi connectivity index (χ4n) is 2.44. The maximum absolute atomic E-state index is 10.4. The molecule has 0 aliphatic heterocycles. The lowest BCUT2D eigenvalue weighted by atomic mass is 10.0. The summed E-state index contributed by atoms with van der Waals surface area (Å²) in [4.78, 5) is 8.69. The number of hydrogen-bond donors (Lipinski definition) is 1. The Morgan fingerprint density at radius 3 is 2.81 bits per heavy atom. The van der Waals surface area contributed by atoms with Crippen LogP contribution in [0.15, 0.2) is 53.3 Å². The summed E-state index contributed by atoms with van der Waals surface area (Å²) in [5.74, 6) is 0. The number of nitrogens with zero attached hydrogens (tertiary/aromatic N) is 2. The average Bonchev–Trinajstić information content (AvgIpc) is 2.47. The van der Waals surface area contributed by atoms with Crippen LogP contribution in [-0.4, -0.2) is 15.1 Å². The summed E-state index contributed by atoms with van der Waals surface area (Å²) in [5, 5.41) is 11.6. The topological polar surface area (TPSA) is 46.0 Å². The maximum atomic E-state index is 10.4. The van der Waals surface area contributed by atoms with Gasteiger partial charge in [0.25, 0.3) is 0 Å². The predicted octanol–water partition coefficient (Wildman–Crippen LogP) is 3.98. The Morgan fingerprint density at radius 1 is 1.19 bits per heavy atom. The van der Waals surface area contributed by atoms with Crippen molar-refractivity contribution >= 4 is 26.8 Å². The van der Waals surface area contributed by atoms with Crippen LogP contribution < -0.4 is 0 Å². The number of aliphatic hydroxyl groups is 1. The largest absolute Gasteiger partial charge is 0.386 e. The van der Waals surface area contributed by atoms with Crippen molar-refractivity contribution in [2.75, 3.05) is 0 Å². The van der Waals surface area contributed by atoms with E-state index in [1.54, 1.807) is 12.4 Å². The van der Waals surface area contributed by atoms with Gasteiger partial charge in [-0.3, -0.25) is 9.97 Å². The molecule has 0 fully saturated rings. The number of fused-ring (bicyclic) bond motifs is 1. The first-order valence-corrected chi connectivity index (χ1v) is 7.56. The molecule has 1 atom stereocenters. The Bertz CT molecular complexity index is 789. The monoisotopic (exact) mass is 342 g/mol. The molecule has 4 heteroatoms. The molecule has 1 unspecified atom stereocenters. The maximum Gasteiger partial charge on any atom is 0.100 e. The smallest absolute Gasteiger partial charge is 0.100 e. The van der Waals surface area contributed by atoms with Crippen LogP contribution in [0.2, 0.25) is 0 Å². The number of aromatic nitrogens is 2. The summed E-state index contributed by atoms with van der Waals surface area (Å²) >= 11 is 3.39. The molecule has 2 heterocycles. The third-order valence-electron chi connectivity index (χ3n) is 3.47. The van der Waals surface area contributed by atoms with Crippen LogP contribution in [0.4, 0.5) is 0 Å². The first-order chi connectivity index (χ1) is 10.1. The fourth-order valence-corrected chi connectivity index (χ4v) is 2.85. The molecule has 0 bridgehead atoms. The van der Waals surface area contributed by atoms with Gasteiger partial charge in [-0.15, -0.1) is 0 Å². The Kier molecular flexibility index (Phi) is 3.99. The summed E-state index contributed by atoms with van der Waals surface area (Å²) in [7, 11) is 0. The van der Waals surface area contributed by atoms with E-state index in [1.807, 2.05) is 43.3 Å². The number of benzene rings is 1. The molecule has 2 aromatic heterocycles. The second-order valence-corrected chi connectivity index (χ2v) is 6.03. The normalized spacial score (nSPS) is 12.5. The standard InChI is InChI=1S/C17H15BrN2O/c1-11-6-16(20-15-5-3-2-4-14(11)15)17(21)8-12-7-13(18)10-19-9-12/h2-7,9-10,17,21H,8H2,1H3. The predicted molar refractivity (Wildman–Crippen MR) is 87.1 cm³/mol. The molecule has 0 saturated heterocycles. The van der Waals surface area contributed by atoms with Crippen molar-refractivity contribution in [3.05, 3.63) is 70.1 Å². The van der Waals surface area contributed by atoms with E-state index in [2.05, 4.69) is 25.9 Å². The van der Waals surface area contributed by atoms with Gasteiger partial charge in [0, 0.05) is 28.7 Å². The molecule has 0 aliphatic rings. The molecular formula is C17H15BrN2O. The minimum atomic E-state index is -0.635. The van der Waals surface area contributed by atoms with Crippen molar-refractivity contribution in [1.82, 2.24) is 9.97 Å². The molecule has 0 radical (unpaired) electrons. The summed E-state index contributed by atoms with van der Waals surface area (Å²) in [6.07, 6.45) is 3.36. The number of aryl methyl sites for hydroxylation is 1. The summed E-state index contributed by atoms with van der Waals surface area (Å²) in [5.41, 5.74) is 3.72. The molecule has 0 spiro atoms. The number of halogens is 1. The number of aliphatic hydroxyl groups excluding tert-OH is 1. The van der Waals surface area contributed by atoms with Crippen molar-refractivity contribution in [2.45, 2.75) is 19.4 Å². The molecule has 106 valence electrons. The number of pyridine rings is 2. The molecule has 3 aromatic rings. The second kappa shape index (κ2) is 5.92. The van der Waals surface area contributed by atoms with Crippen molar-refractivity contribution in [3.63, 3.8) is 0 Å². The van der Waals surface area contributed by atoms with Crippen molar-refractivity contribution in [3.8, 4) is 0 Å². The SMILES string of the molecule is Cc1cc(C(O)Cc2cncc(Br)c2)nc2ccccc12. The first-order valence-electron chi connectivity index (χ1n) is 6.77. The zero-order valence-corrected chi connectivity index (χ0v) is 13.2. The Hall–Kier alpha value is -1.78. The van der Waals surface area contributed by atoms with Crippen molar-refractivity contribution in [2.24, 2.45) is 0 Å². The van der Waals surface area contributed by atoms with Crippen LogP contribution in [0, 0.1) is 6.92 Å². The number of para-hydroxylation sites is 1. The van der Waals surface area contributed by atoms with Crippen LogP contribution in [0.3, 0.4) is 0 Å². The van der Waals surface area contributed by atoms with E-state index in [0.717, 1.165) is 26.5 Å². The number of rotatable bonds is 3. The molecule has 0 amide bonds. The van der Waals surface area contributed by atoms with Gasteiger partial charge < -0.3 is 5.11 Å². The van der Waals surface area contributed by atoms with Crippen LogP contribution in [0.1, 0.15) is 22.9 Å². The molecule has 1 N–H and O–H groups in total. The van der Waals surface area contributed by atoms with Gasteiger partial charge in [-0.25, -0.2) is 0 Å². The van der Waals surface area contributed by atoms with Crippen LogP contribution >= 0.6 is 15.9 Å². The minimum Gasteiger partial charge on any atom is -0.386 e. The summed E-state index contributed by atoms with van der Waals surface area (Å²) in [6, 6.07) is 11.9. The molecule has 3 rings (SSSR count). The van der Waals surface area contributed by atoms with Gasteiger partial charge in [0.05, 0.1) is 11.2 Å². The van der Waals surface area contributed by atoms with Crippen LogP contribution in [0.5, 0.6) is 0 Å². The van der Waals surface area contributed by atoms with Crippen molar-refractivity contribution in [1.29, 1.82) is 0 Å². The molecule has 0 aliphatic carbocycles. The van der Waals surface area contributed by atoms with E-state index >= 15 is 0 Å². The molecule has 0 saturated carbocycles. The van der Waals surface area contributed by atoms with Gasteiger partial charge in [0.15, 0.2) is 0 Å². The van der Waals surface area contributed by atoms with Gasteiger partial charge >= 0.3 is 0 Å². The van der Waals surface area contributed by atoms with Gasteiger partial charge in [-0.1, -0.05) is 18.2 Å². The van der Waals surface area contributed by atoms with E-state index in [1.165, 1.54) is 0 Å². The highest BCUT2D eigenvalue weighted by molar-refractivity contribution is 9.10. The zero-order valence-electron chi connectivity index (χ0n) is 11.6. The lowest BCUT2D eigenvalue weighted by molar-refractivity contribution is 0.174. The summed E-state index contributed by atoms with van der Waals surface area (Å²) < 4.78 is 0.912. The van der Waals surface area contributed by atoms with E-state index in [-0.39, 0.29) is 0 Å². The highest BCUT2D eigenvalue weighted by Crippen LogP contribution is 2.23. The fraction of sp³-hybridized carbons (Fsp3) is 0.176. The Labute approximate surface area is 131 Å². The Balaban J connectivity index is 1.92. The third-order valence-corrected chi connectivity index (χ3v) is 3.91. The van der Waals surface area contributed by atoms with E-state index < -0.39 is 6.10 Å². The lowest BCUT2D eigenvalue weighted by Gasteiger charge is -2.12. The average molecular weight is 343 g/mol.